The summed E-state index contributed by atoms with van der Waals surface area (Å²) in [4.78, 5) is 189. The van der Waals surface area contributed by atoms with Crippen LogP contribution in [0.2, 0.25) is 5.02 Å². The third kappa shape index (κ3) is 16.0. The Morgan fingerprint density at radius 3 is 1.82 bits per heavy atom. The topological polar surface area (TPSA) is 279 Å². The van der Waals surface area contributed by atoms with Gasteiger partial charge in [0.05, 0.1) is 0 Å². The number of likely N-dealkylation sites (N-methyl/N-ethyl adjacent to an activating group) is 6. The van der Waals surface area contributed by atoms with Gasteiger partial charge >= 0.3 is 18.1 Å². The Labute approximate surface area is 534 Å². The van der Waals surface area contributed by atoms with Crippen molar-refractivity contribution < 1.29 is 62.3 Å². The zero-order valence-electron chi connectivity index (χ0n) is 54.5. The lowest BCUT2D eigenvalue weighted by Crippen LogP contribution is -2.66. The van der Waals surface area contributed by atoms with Gasteiger partial charge in [-0.05, 0) is 113 Å². The highest BCUT2D eigenvalue weighted by atomic mass is 35.5. The monoisotopic (exact) mass is 1280 g/mol. The molecule has 26 heteroatoms. The number of piperidine rings is 1. The van der Waals surface area contributed by atoms with E-state index in [1.807, 2.05) is 0 Å². The van der Waals surface area contributed by atoms with Gasteiger partial charge < -0.3 is 50.1 Å². The number of halogens is 1. The number of urea groups is 3. The summed E-state index contributed by atoms with van der Waals surface area (Å²) in [6, 6.07) is -6.69. The number of amides is 15. The summed E-state index contributed by atoms with van der Waals surface area (Å²) >= 11 is 6.18. The summed E-state index contributed by atoms with van der Waals surface area (Å²) in [6.07, 6.45) is 12.2. The van der Waals surface area contributed by atoms with Crippen LogP contribution in [0.3, 0.4) is 0 Å². The zero-order valence-corrected chi connectivity index (χ0v) is 55.2. The van der Waals surface area contributed by atoms with E-state index < -0.39 is 138 Å². The number of hydrogen-bond donors (Lipinski definition) is 3. The molecule has 3 heterocycles. The van der Waals surface area contributed by atoms with Crippen molar-refractivity contribution in [2.75, 3.05) is 75.6 Å². The minimum absolute atomic E-state index is 0.0636. The Kier molecular flexibility index (Phi) is 24.5. The van der Waals surface area contributed by atoms with Gasteiger partial charge in [0.25, 0.3) is 23.6 Å². The van der Waals surface area contributed by atoms with Crippen LogP contribution in [0, 0.1) is 17.8 Å². The maximum atomic E-state index is 15.7. The number of carbonyl (C=O) groups is 12. The fraction of sp³-hybridized carbons (Fsp3) is 0.719. The van der Waals surface area contributed by atoms with Crippen molar-refractivity contribution in [1.82, 2.24) is 60.0 Å². The number of rotatable bonds is 9. The molecule has 6 fully saturated rings. The van der Waals surface area contributed by atoms with Crippen LogP contribution in [0.4, 0.5) is 14.4 Å². The van der Waals surface area contributed by atoms with Gasteiger partial charge in [-0.25, -0.2) is 19.3 Å². The Morgan fingerprint density at radius 2 is 1.21 bits per heavy atom. The molecule has 3 aliphatic carbocycles. The van der Waals surface area contributed by atoms with Gasteiger partial charge in [-0.15, -0.1) is 0 Å². The van der Waals surface area contributed by atoms with Crippen LogP contribution < -0.4 is 20.7 Å². The molecule has 0 radical (unpaired) electrons. The van der Waals surface area contributed by atoms with Gasteiger partial charge in [-0.3, -0.25) is 53.0 Å². The molecule has 7 rings (SSSR count). The maximum absolute atomic E-state index is 15.7. The van der Waals surface area contributed by atoms with Gasteiger partial charge in [0.1, 0.15) is 54.1 Å². The second-order valence-corrected chi connectivity index (χ2v) is 26.5. The van der Waals surface area contributed by atoms with Gasteiger partial charge in [-0.1, -0.05) is 96.1 Å². The smallest absolute Gasteiger partial charge is 0.334 e. The Hall–Kier alpha value is -7.05. The highest BCUT2D eigenvalue weighted by Crippen LogP contribution is 2.37. The molecule has 498 valence electrons. The van der Waals surface area contributed by atoms with Crippen molar-refractivity contribution in [1.29, 1.82) is 0 Å². The van der Waals surface area contributed by atoms with Gasteiger partial charge in [-0.2, -0.15) is 0 Å². The number of benzene rings is 1. The first-order valence-corrected chi connectivity index (χ1v) is 32.9. The number of hydrogen-bond acceptors (Lipinski definition) is 13. The third-order valence-electron chi connectivity index (χ3n) is 20.1. The molecule has 1 aromatic carbocycles. The normalized spacial score (nSPS) is 27.7. The first kappa shape index (κ1) is 70.4. The van der Waals surface area contributed by atoms with Crippen molar-refractivity contribution in [2.45, 2.75) is 203 Å². The van der Waals surface area contributed by atoms with E-state index in [0.29, 0.717) is 79.3 Å². The third-order valence-corrected chi connectivity index (χ3v) is 20.4. The molecule has 1 spiro atoms. The average molecular weight is 1280 g/mol. The number of fused-ring (bicyclic) bond motifs is 1. The minimum atomic E-state index is -1.80. The van der Waals surface area contributed by atoms with Crippen molar-refractivity contribution in [3.05, 3.63) is 29.3 Å². The van der Waals surface area contributed by atoms with Crippen molar-refractivity contribution in [3.63, 3.8) is 0 Å². The maximum Gasteiger partial charge on any atom is 0.334 e. The van der Waals surface area contributed by atoms with E-state index in [1.54, 1.807) is 38.1 Å². The summed E-state index contributed by atoms with van der Waals surface area (Å²) in [5.41, 5.74) is -1.54. The van der Waals surface area contributed by atoms with Gasteiger partial charge in [0.15, 0.2) is 6.04 Å². The summed E-state index contributed by atoms with van der Waals surface area (Å²) in [6.45, 7) is 5.07. The Bertz CT molecular complexity index is 2800. The number of ether oxygens (including phenoxy) is 1. The number of carbonyl (C=O) groups excluding carboxylic acids is 12. The minimum Gasteiger partial charge on any atom is -0.491 e. The van der Waals surface area contributed by atoms with E-state index in [9.17, 15) is 33.6 Å². The molecule has 0 bridgehead atoms. The zero-order chi connectivity index (χ0) is 65.9. The highest BCUT2D eigenvalue weighted by Gasteiger charge is 2.52. The first-order valence-electron chi connectivity index (χ1n) is 32.6. The van der Waals surface area contributed by atoms with Gasteiger partial charge in [0, 0.05) is 74.0 Å². The Morgan fingerprint density at radius 1 is 0.611 bits per heavy atom. The number of imide groups is 3. The van der Waals surface area contributed by atoms with E-state index in [4.69, 9.17) is 16.3 Å². The summed E-state index contributed by atoms with van der Waals surface area (Å²) in [5.74, 6) is -7.58. The molecule has 3 saturated heterocycles. The molecule has 25 nitrogen and oxygen atoms in total. The van der Waals surface area contributed by atoms with E-state index in [-0.39, 0.29) is 43.9 Å². The second-order valence-electron chi connectivity index (χ2n) is 26.0. The van der Waals surface area contributed by atoms with Crippen LogP contribution in [-0.4, -0.2) is 239 Å². The molecule has 90 heavy (non-hydrogen) atoms. The van der Waals surface area contributed by atoms with Crippen molar-refractivity contribution in [3.8, 4) is 5.75 Å². The SMILES string of the molecule is CC[C@H](C)[C@@H]1NC(=O)[C@H](C)N(C)C(=O)[C@@H](C(=O)N2CCCCC2)N(C)C(=O)[C@H](C2CCCCC2)N(C)C(=O)C2(CCCC2)NC(=O)[C@H]2CCCN2C(=O)[C@H](COc2ccc(Cl)cc2)NC(=O)N(C)C(=O)[C@H](CC2CCCCC2)N(C)C(=O)N(C)C(=O)N(C)C1=O. The lowest BCUT2D eigenvalue weighted by molar-refractivity contribution is -0.161. The van der Waals surface area contributed by atoms with Crippen molar-refractivity contribution >= 4 is 82.9 Å². The lowest BCUT2D eigenvalue weighted by atomic mass is 9.81. The molecule has 15 amide bonds. The van der Waals surface area contributed by atoms with Crippen molar-refractivity contribution in [2.24, 2.45) is 17.8 Å². The predicted molar refractivity (Wildman–Crippen MR) is 334 cm³/mol. The molecule has 6 aliphatic rings. The Balaban J connectivity index is 1.31. The predicted octanol–water partition coefficient (Wildman–Crippen LogP) is 5.21. The quantitative estimate of drug-likeness (QED) is 0.268. The standard InChI is InChI=1S/C64H97ClN12O13/c1-11-40(2)49-56(82)74(9)63(89)75(10)62(88)70(5)48(38-42-24-15-12-16-25-42)55(81)73(8)61(87)66-46(39-90-45-31-29-44(65)30-32-45)54(80)77-37-23-28-47(77)53(79)68-64(33-19-20-34-64)60(86)72(7)50(43-26-17-13-18-27-43)57(83)71(6)51(59(85)76-35-21-14-22-36-76)58(84)69(4)41(3)52(78)67-49/h29-32,40-43,46-51H,11-28,33-39H2,1-10H3,(H,66,87)(H,67,78)(H,68,79)/t40-,41-,46-,47+,48-,49-,50-,51-/m0/s1. The number of nitrogens with one attached hydrogen (secondary N) is 3. The van der Waals surface area contributed by atoms with E-state index >= 15 is 24.0 Å². The largest absolute Gasteiger partial charge is 0.491 e. The summed E-state index contributed by atoms with van der Waals surface area (Å²) < 4.78 is 6.08. The highest BCUT2D eigenvalue weighted by molar-refractivity contribution is 6.30. The van der Waals surface area contributed by atoms with E-state index in [2.05, 4.69) is 16.0 Å². The number of nitrogens with zero attached hydrogens (tertiary/aromatic N) is 9. The van der Waals surface area contributed by atoms with Crippen LogP contribution >= 0.6 is 11.6 Å². The van der Waals surface area contributed by atoms with Crippen LogP contribution in [0.5, 0.6) is 5.75 Å². The van der Waals surface area contributed by atoms with E-state index in [1.165, 1.54) is 56.9 Å². The molecule has 3 saturated carbocycles. The summed E-state index contributed by atoms with van der Waals surface area (Å²) in [5, 5.41) is 8.91. The molecule has 0 unspecified atom stereocenters. The molecule has 3 N–H and O–H groups in total. The molecular weight excluding hydrogens is 1180 g/mol. The molecule has 8 atom stereocenters. The fourth-order valence-electron chi connectivity index (χ4n) is 14.0. The van der Waals surface area contributed by atoms with Gasteiger partial charge in [0.2, 0.25) is 29.5 Å². The lowest BCUT2D eigenvalue weighted by Gasteiger charge is -2.43. The second kappa shape index (κ2) is 31.3. The first-order chi connectivity index (χ1) is 42.7. The fourth-order valence-corrected chi connectivity index (χ4v) is 14.1. The molecule has 3 aliphatic heterocycles. The average Bonchev–Trinajstić information content (AvgIpc) is 1.48. The number of likely N-dealkylation sites (tertiary alicyclic amines) is 1. The van der Waals surface area contributed by atoms with Crippen LogP contribution in [0.25, 0.3) is 0 Å². The van der Waals surface area contributed by atoms with Crippen LogP contribution in [0.1, 0.15) is 156 Å². The summed E-state index contributed by atoms with van der Waals surface area (Å²) in [7, 11) is 8.99. The van der Waals surface area contributed by atoms with Crippen LogP contribution in [0.15, 0.2) is 24.3 Å². The van der Waals surface area contributed by atoms with E-state index in [0.717, 1.165) is 91.5 Å². The molecular formula is C64H97ClN12O13. The van der Waals surface area contributed by atoms with Crippen LogP contribution in [-0.2, 0) is 43.2 Å². The molecule has 0 aromatic heterocycles. The molecule has 1 aromatic rings.